The van der Waals surface area contributed by atoms with Gasteiger partial charge in [0.15, 0.2) is 11.2 Å². The van der Waals surface area contributed by atoms with Gasteiger partial charge in [0.1, 0.15) is 0 Å². The number of aromatic amines is 1. The Morgan fingerprint density at radius 1 is 1.13 bits per heavy atom. The van der Waals surface area contributed by atoms with E-state index in [1.54, 1.807) is 7.05 Å². The first-order chi connectivity index (χ1) is 15.0. The third-order valence-corrected chi connectivity index (χ3v) is 6.15. The van der Waals surface area contributed by atoms with Gasteiger partial charge in [-0.3, -0.25) is 19.2 Å². The molecule has 0 bridgehead atoms. The summed E-state index contributed by atoms with van der Waals surface area (Å²) in [6.45, 7) is 7.78. The van der Waals surface area contributed by atoms with Gasteiger partial charge in [-0.15, -0.1) is 0 Å². The van der Waals surface area contributed by atoms with Crippen LogP contribution in [0.3, 0.4) is 0 Å². The molecule has 0 radical (unpaired) electrons. The van der Waals surface area contributed by atoms with Crippen molar-refractivity contribution in [1.82, 2.24) is 24.0 Å². The number of rotatable bonds is 7. The zero-order valence-electron chi connectivity index (χ0n) is 17.8. The van der Waals surface area contributed by atoms with Gasteiger partial charge < -0.3 is 14.2 Å². The van der Waals surface area contributed by atoms with Crippen LogP contribution in [0.5, 0.6) is 0 Å². The third-order valence-electron chi connectivity index (χ3n) is 5.62. The number of anilines is 1. The normalized spacial score (nSPS) is 15.1. The number of nitrogens with zero attached hydrogens (tertiary/aromatic N) is 5. The minimum Gasteiger partial charge on any atom is -0.380 e. The second kappa shape index (κ2) is 9.37. The van der Waals surface area contributed by atoms with E-state index in [1.807, 2.05) is 11.5 Å². The fourth-order valence-corrected chi connectivity index (χ4v) is 4.19. The monoisotopic (exact) mass is 490 g/mol. The van der Waals surface area contributed by atoms with E-state index in [0.717, 1.165) is 37.2 Å². The van der Waals surface area contributed by atoms with Crippen LogP contribution < -0.4 is 16.1 Å². The lowest BCUT2D eigenvalue weighted by Gasteiger charge is -2.35. The fraction of sp³-hybridized carbons (Fsp3) is 0.476. The van der Waals surface area contributed by atoms with Crippen molar-refractivity contribution in [3.63, 3.8) is 0 Å². The number of hydrogen-bond donors (Lipinski definition) is 1. The smallest absolute Gasteiger partial charge is 0.329 e. The Balaban J connectivity index is 1.57. The maximum Gasteiger partial charge on any atom is 0.329 e. The van der Waals surface area contributed by atoms with E-state index in [0.29, 0.717) is 36.9 Å². The number of aryl methyl sites for hydroxylation is 1. The summed E-state index contributed by atoms with van der Waals surface area (Å²) in [4.78, 5) is 36.3. The van der Waals surface area contributed by atoms with E-state index in [4.69, 9.17) is 9.72 Å². The largest absolute Gasteiger partial charge is 0.380 e. The number of piperazine rings is 1. The number of ether oxygens (including phenoxy) is 1. The van der Waals surface area contributed by atoms with E-state index in [2.05, 4.69) is 55.0 Å². The summed E-state index contributed by atoms with van der Waals surface area (Å²) in [5, 5.41) is 0. The summed E-state index contributed by atoms with van der Waals surface area (Å²) < 4.78 is 9.88. The molecule has 1 aliphatic heterocycles. The standard InChI is InChI=1S/C21H27BrN6O3/c1-3-31-13-12-28-17-18(25(2)21(30)24-19(17)29)23-20(28)27-10-8-26(9-11-27)14-15-4-6-16(22)7-5-15/h4-7H,3,8-14H2,1-2H3,(H,24,29,30). The molecule has 0 amide bonds. The molecule has 10 heteroatoms. The van der Waals surface area contributed by atoms with E-state index in [-0.39, 0.29) is 0 Å². The molecule has 1 aromatic carbocycles. The number of imidazole rings is 1. The number of aromatic nitrogens is 4. The molecule has 3 heterocycles. The lowest BCUT2D eigenvalue weighted by atomic mass is 10.2. The van der Waals surface area contributed by atoms with Crippen LogP contribution >= 0.6 is 15.9 Å². The molecule has 0 unspecified atom stereocenters. The lowest BCUT2D eigenvalue weighted by molar-refractivity contribution is 0.140. The molecule has 1 fully saturated rings. The van der Waals surface area contributed by atoms with E-state index in [9.17, 15) is 9.59 Å². The SMILES string of the molecule is CCOCCn1c(N2CCN(Cc3ccc(Br)cc3)CC2)nc2c1c(=O)[nH]c(=O)n2C. The predicted molar refractivity (Wildman–Crippen MR) is 124 cm³/mol. The topological polar surface area (TPSA) is 88.4 Å². The van der Waals surface area contributed by atoms with Crippen molar-refractivity contribution in [3.05, 3.63) is 55.1 Å². The Morgan fingerprint density at radius 3 is 2.52 bits per heavy atom. The Morgan fingerprint density at radius 2 is 1.84 bits per heavy atom. The molecular weight excluding hydrogens is 464 g/mol. The highest BCUT2D eigenvalue weighted by atomic mass is 79.9. The average Bonchev–Trinajstić information content (AvgIpc) is 3.15. The van der Waals surface area contributed by atoms with Crippen LogP contribution in [0.25, 0.3) is 11.2 Å². The van der Waals surface area contributed by atoms with Crippen LogP contribution in [-0.2, 0) is 24.9 Å². The summed E-state index contributed by atoms with van der Waals surface area (Å²) in [6, 6.07) is 8.40. The van der Waals surface area contributed by atoms with Crippen LogP contribution in [-0.4, -0.2) is 63.4 Å². The highest BCUT2D eigenvalue weighted by Gasteiger charge is 2.24. The van der Waals surface area contributed by atoms with Gasteiger partial charge in [0, 0.05) is 57.4 Å². The van der Waals surface area contributed by atoms with Gasteiger partial charge in [0.2, 0.25) is 5.95 Å². The molecule has 0 atom stereocenters. The Hall–Kier alpha value is -2.43. The fourth-order valence-electron chi connectivity index (χ4n) is 3.93. The van der Waals surface area contributed by atoms with Gasteiger partial charge >= 0.3 is 5.69 Å². The molecule has 1 N–H and O–H groups in total. The Bertz CT molecular complexity index is 1160. The van der Waals surface area contributed by atoms with Gasteiger partial charge in [-0.2, -0.15) is 4.98 Å². The van der Waals surface area contributed by atoms with E-state index >= 15 is 0 Å². The molecule has 166 valence electrons. The van der Waals surface area contributed by atoms with Crippen LogP contribution in [0.2, 0.25) is 0 Å². The number of H-pyrrole nitrogens is 1. The van der Waals surface area contributed by atoms with Crippen molar-refractivity contribution < 1.29 is 4.74 Å². The summed E-state index contributed by atoms with van der Waals surface area (Å²) in [7, 11) is 1.63. The predicted octanol–water partition coefficient (Wildman–Crippen LogP) is 1.54. The minimum absolute atomic E-state index is 0.401. The zero-order valence-corrected chi connectivity index (χ0v) is 19.4. The number of nitrogens with one attached hydrogen (secondary N) is 1. The number of fused-ring (bicyclic) bond motifs is 1. The summed E-state index contributed by atoms with van der Waals surface area (Å²) >= 11 is 3.48. The first-order valence-corrected chi connectivity index (χ1v) is 11.3. The minimum atomic E-state index is -0.460. The highest BCUT2D eigenvalue weighted by molar-refractivity contribution is 9.10. The van der Waals surface area contributed by atoms with Crippen LogP contribution in [0.1, 0.15) is 12.5 Å². The van der Waals surface area contributed by atoms with E-state index in [1.165, 1.54) is 10.1 Å². The van der Waals surface area contributed by atoms with Crippen molar-refractivity contribution >= 4 is 33.0 Å². The number of hydrogen-bond acceptors (Lipinski definition) is 6. The van der Waals surface area contributed by atoms with Crippen molar-refractivity contribution in [3.8, 4) is 0 Å². The number of halogens is 1. The molecule has 0 spiro atoms. The lowest BCUT2D eigenvalue weighted by Crippen LogP contribution is -2.47. The molecule has 1 aliphatic rings. The van der Waals surface area contributed by atoms with Gasteiger partial charge in [-0.1, -0.05) is 28.1 Å². The first kappa shape index (κ1) is 21.8. The first-order valence-electron chi connectivity index (χ1n) is 10.5. The molecular formula is C21H27BrN6O3. The zero-order chi connectivity index (χ0) is 22.0. The van der Waals surface area contributed by atoms with Crippen LogP contribution in [0.15, 0.2) is 38.3 Å². The van der Waals surface area contributed by atoms with Gasteiger partial charge in [0.05, 0.1) is 6.61 Å². The molecule has 3 aromatic rings. The highest BCUT2D eigenvalue weighted by Crippen LogP contribution is 2.21. The maximum absolute atomic E-state index is 12.6. The molecule has 9 nitrogen and oxygen atoms in total. The maximum atomic E-state index is 12.6. The molecule has 0 saturated carbocycles. The number of benzene rings is 1. The van der Waals surface area contributed by atoms with E-state index < -0.39 is 11.2 Å². The second-order valence-corrected chi connectivity index (χ2v) is 8.56. The molecule has 0 aliphatic carbocycles. The Labute approximate surface area is 188 Å². The summed E-state index contributed by atoms with van der Waals surface area (Å²) in [5.41, 5.74) is 1.22. The van der Waals surface area contributed by atoms with Crippen LogP contribution in [0.4, 0.5) is 5.95 Å². The van der Waals surface area contributed by atoms with Gasteiger partial charge in [-0.05, 0) is 24.6 Å². The summed E-state index contributed by atoms with van der Waals surface area (Å²) in [6.07, 6.45) is 0. The summed E-state index contributed by atoms with van der Waals surface area (Å²) in [5.74, 6) is 0.713. The van der Waals surface area contributed by atoms with Crippen molar-refractivity contribution in [2.24, 2.45) is 7.05 Å². The van der Waals surface area contributed by atoms with Crippen LogP contribution in [0, 0.1) is 0 Å². The second-order valence-electron chi connectivity index (χ2n) is 7.64. The molecule has 1 saturated heterocycles. The quantitative estimate of drug-likeness (QED) is 0.505. The Kier molecular flexibility index (Phi) is 6.59. The molecule has 31 heavy (non-hydrogen) atoms. The van der Waals surface area contributed by atoms with Gasteiger partial charge in [-0.25, -0.2) is 4.79 Å². The average molecular weight is 491 g/mol. The van der Waals surface area contributed by atoms with Crippen molar-refractivity contribution in [1.29, 1.82) is 0 Å². The van der Waals surface area contributed by atoms with Crippen molar-refractivity contribution in [2.75, 3.05) is 44.3 Å². The molecule has 4 rings (SSSR count). The van der Waals surface area contributed by atoms with Gasteiger partial charge in [0.25, 0.3) is 5.56 Å². The molecule has 2 aromatic heterocycles. The third kappa shape index (κ3) is 4.60. The van der Waals surface area contributed by atoms with Crippen molar-refractivity contribution in [2.45, 2.75) is 20.0 Å².